The van der Waals surface area contributed by atoms with Gasteiger partial charge in [-0.25, -0.2) is 0 Å². The topological polar surface area (TPSA) is 20.3 Å². The summed E-state index contributed by atoms with van der Waals surface area (Å²) in [5, 5.41) is 1.42. The first-order valence-corrected chi connectivity index (χ1v) is 5.72. The van der Waals surface area contributed by atoms with Crippen LogP contribution in [0.15, 0.2) is 24.3 Å². The molecular formula is C10H11BrClNO. The van der Waals surface area contributed by atoms with Crippen molar-refractivity contribution in [3.8, 4) is 0 Å². The lowest BCUT2D eigenvalue weighted by molar-refractivity contribution is 0.0804. The van der Waals surface area contributed by atoms with Crippen molar-refractivity contribution in [2.75, 3.05) is 18.9 Å². The molecule has 0 radical (unpaired) electrons. The number of hydrogen-bond donors (Lipinski definition) is 0. The minimum absolute atomic E-state index is 0.0149. The van der Waals surface area contributed by atoms with Gasteiger partial charge in [-0.3, -0.25) is 4.79 Å². The summed E-state index contributed by atoms with van der Waals surface area (Å²) in [5.74, 6) is 0.0149. The predicted molar refractivity (Wildman–Crippen MR) is 62.2 cm³/mol. The van der Waals surface area contributed by atoms with E-state index in [1.807, 2.05) is 0 Å². The lowest BCUT2D eigenvalue weighted by Crippen LogP contribution is -2.28. The van der Waals surface area contributed by atoms with Gasteiger partial charge in [0.1, 0.15) is 0 Å². The second-order valence-electron chi connectivity index (χ2n) is 2.92. The predicted octanol–water partition coefficient (Wildman–Crippen LogP) is 2.81. The molecule has 4 heteroatoms. The number of alkyl halides is 1. The van der Waals surface area contributed by atoms with Crippen molar-refractivity contribution >= 4 is 33.4 Å². The lowest BCUT2D eigenvalue weighted by atomic mass is 10.2. The smallest absolute Gasteiger partial charge is 0.253 e. The van der Waals surface area contributed by atoms with Gasteiger partial charge in [-0.2, -0.15) is 0 Å². The average Bonchev–Trinajstić information content (AvgIpc) is 2.18. The van der Waals surface area contributed by atoms with E-state index in [9.17, 15) is 4.79 Å². The van der Waals surface area contributed by atoms with Crippen molar-refractivity contribution in [3.63, 3.8) is 0 Å². The number of carbonyl (C=O) groups excluding carboxylic acids is 1. The number of benzene rings is 1. The van der Waals surface area contributed by atoms with Crippen LogP contribution in [0, 0.1) is 0 Å². The summed E-state index contributed by atoms with van der Waals surface area (Å²) in [7, 11) is 1.78. The molecule has 0 heterocycles. The minimum Gasteiger partial charge on any atom is -0.341 e. The Hall–Kier alpha value is -0.540. The molecule has 1 aromatic carbocycles. The lowest BCUT2D eigenvalue weighted by Gasteiger charge is -2.15. The molecule has 2 nitrogen and oxygen atoms in total. The van der Waals surface area contributed by atoms with Crippen molar-refractivity contribution in [1.82, 2.24) is 4.90 Å². The second kappa shape index (κ2) is 5.37. The van der Waals surface area contributed by atoms with E-state index in [1.54, 1.807) is 36.2 Å². The zero-order valence-electron chi connectivity index (χ0n) is 7.84. The molecule has 1 aromatic rings. The van der Waals surface area contributed by atoms with Gasteiger partial charge in [-0.05, 0) is 24.3 Å². The van der Waals surface area contributed by atoms with Crippen LogP contribution in [0.5, 0.6) is 0 Å². The Bertz CT molecular complexity index is 312. The Morgan fingerprint density at radius 1 is 1.43 bits per heavy atom. The zero-order chi connectivity index (χ0) is 10.6. The molecule has 0 spiro atoms. The summed E-state index contributed by atoms with van der Waals surface area (Å²) in [6.07, 6.45) is 0. The van der Waals surface area contributed by atoms with E-state index in [0.717, 1.165) is 5.33 Å². The first kappa shape index (κ1) is 11.5. The fourth-order valence-electron chi connectivity index (χ4n) is 1.04. The number of halogens is 2. The number of carbonyl (C=O) groups is 1. The highest BCUT2D eigenvalue weighted by atomic mass is 79.9. The van der Waals surface area contributed by atoms with Gasteiger partial charge < -0.3 is 4.90 Å². The third kappa shape index (κ3) is 3.00. The van der Waals surface area contributed by atoms with Gasteiger partial charge in [0.05, 0.1) is 0 Å². The normalized spacial score (nSPS) is 9.93. The van der Waals surface area contributed by atoms with Crippen LogP contribution < -0.4 is 0 Å². The Morgan fingerprint density at radius 2 is 2.00 bits per heavy atom. The van der Waals surface area contributed by atoms with E-state index < -0.39 is 0 Å². The van der Waals surface area contributed by atoms with E-state index in [1.165, 1.54) is 0 Å². The molecule has 0 fully saturated rings. The molecule has 76 valence electrons. The van der Waals surface area contributed by atoms with E-state index in [2.05, 4.69) is 15.9 Å². The van der Waals surface area contributed by atoms with Crippen LogP contribution in [0.1, 0.15) is 10.4 Å². The van der Waals surface area contributed by atoms with E-state index in [-0.39, 0.29) is 5.91 Å². The van der Waals surface area contributed by atoms with Gasteiger partial charge in [-0.15, -0.1) is 0 Å². The highest BCUT2D eigenvalue weighted by Gasteiger charge is 2.09. The first-order valence-electron chi connectivity index (χ1n) is 4.22. The maximum atomic E-state index is 11.7. The summed E-state index contributed by atoms with van der Waals surface area (Å²) < 4.78 is 0. The molecule has 0 atom stereocenters. The quantitative estimate of drug-likeness (QED) is 0.778. The van der Waals surface area contributed by atoms with Crippen LogP contribution in [0.2, 0.25) is 5.02 Å². The van der Waals surface area contributed by atoms with Crippen LogP contribution in [-0.4, -0.2) is 29.7 Å². The van der Waals surface area contributed by atoms with Crippen LogP contribution in [-0.2, 0) is 0 Å². The molecule has 0 aromatic heterocycles. The fourth-order valence-corrected chi connectivity index (χ4v) is 1.70. The van der Waals surface area contributed by atoms with Crippen molar-refractivity contribution in [3.05, 3.63) is 34.9 Å². The van der Waals surface area contributed by atoms with Gasteiger partial charge in [0.15, 0.2) is 0 Å². The third-order valence-electron chi connectivity index (χ3n) is 1.86. The van der Waals surface area contributed by atoms with Gasteiger partial charge >= 0.3 is 0 Å². The largest absolute Gasteiger partial charge is 0.341 e. The maximum Gasteiger partial charge on any atom is 0.253 e. The zero-order valence-corrected chi connectivity index (χ0v) is 10.2. The molecule has 14 heavy (non-hydrogen) atoms. The summed E-state index contributed by atoms with van der Waals surface area (Å²) >= 11 is 9.01. The number of rotatable bonds is 3. The Labute approximate surface area is 97.0 Å². The molecule has 0 aliphatic carbocycles. The summed E-state index contributed by atoms with van der Waals surface area (Å²) in [6, 6.07) is 6.90. The van der Waals surface area contributed by atoms with E-state index in [4.69, 9.17) is 11.6 Å². The monoisotopic (exact) mass is 275 g/mol. The summed E-state index contributed by atoms with van der Waals surface area (Å²) in [4.78, 5) is 13.4. The molecular weight excluding hydrogens is 265 g/mol. The molecule has 0 aliphatic rings. The molecule has 1 rings (SSSR count). The molecule has 0 aliphatic heterocycles. The average molecular weight is 277 g/mol. The summed E-state index contributed by atoms with van der Waals surface area (Å²) in [5.41, 5.74) is 0.665. The van der Waals surface area contributed by atoms with Crippen LogP contribution in [0.25, 0.3) is 0 Å². The molecule has 1 amide bonds. The maximum absolute atomic E-state index is 11.7. The summed E-state index contributed by atoms with van der Waals surface area (Å²) in [6.45, 7) is 0.696. The van der Waals surface area contributed by atoms with Crippen molar-refractivity contribution in [1.29, 1.82) is 0 Å². The molecule has 0 saturated heterocycles. The van der Waals surface area contributed by atoms with E-state index in [0.29, 0.717) is 17.1 Å². The highest BCUT2D eigenvalue weighted by Crippen LogP contribution is 2.10. The number of hydrogen-bond acceptors (Lipinski definition) is 1. The van der Waals surface area contributed by atoms with E-state index >= 15 is 0 Å². The van der Waals surface area contributed by atoms with Gasteiger partial charge in [0.25, 0.3) is 5.91 Å². The highest BCUT2D eigenvalue weighted by molar-refractivity contribution is 9.09. The van der Waals surface area contributed by atoms with Gasteiger partial charge in [0, 0.05) is 29.5 Å². The third-order valence-corrected chi connectivity index (χ3v) is 2.46. The second-order valence-corrected chi connectivity index (χ2v) is 4.15. The number of amides is 1. The van der Waals surface area contributed by atoms with Crippen LogP contribution in [0.3, 0.4) is 0 Å². The van der Waals surface area contributed by atoms with Crippen molar-refractivity contribution < 1.29 is 4.79 Å². The SMILES string of the molecule is CN(CCBr)C(=O)c1ccc(Cl)cc1. The van der Waals surface area contributed by atoms with Crippen molar-refractivity contribution in [2.24, 2.45) is 0 Å². The Kier molecular flexibility index (Phi) is 4.42. The fraction of sp³-hybridized carbons (Fsp3) is 0.300. The molecule has 0 saturated carbocycles. The van der Waals surface area contributed by atoms with Gasteiger partial charge in [0.2, 0.25) is 0 Å². The van der Waals surface area contributed by atoms with Crippen LogP contribution >= 0.6 is 27.5 Å². The minimum atomic E-state index is 0.0149. The molecule has 0 bridgehead atoms. The molecule has 0 unspecified atom stereocenters. The first-order chi connectivity index (χ1) is 6.65. The Balaban J connectivity index is 2.74. The Morgan fingerprint density at radius 3 is 2.50 bits per heavy atom. The van der Waals surface area contributed by atoms with Crippen molar-refractivity contribution in [2.45, 2.75) is 0 Å². The number of nitrogens with zero attached hydrogens (tertiary/aromatic N) is 1. The van der Waals surface area contributed by atoms with Gasteiger partial charge in [-0.1, -0.05) is 27.5 Å². The standard InChI is InChI=1S/C10H11BrClNO/c1-13(7-6-11)10(14)8-2-4-9(12)5-3-8/h2-5H,6-7H2,1H3. The van der Waals surface area contributed by atoms with Crippen LogP contribution in [0.4, 0.5) is 0 Å². The molecule has 0 N–H and O–H groups in total.